The van der Waals surface area contributed by atoms with Crippen molar-refractivity contribution in [1.82, 2.24) is 9.97 Å². The number of thioether (sulfide) groups is 1. The fourth-order valence-electron chi connectivity index (χ4n) is 2.19. The van der Waals surface area contributed by atoms with Gasteiger partial charge in [0.2, 0.25) is 0 Å². The van der Waals surface area contributed by atoms with Crippen molar-refractivity contribution in [3.8, 4) is 0 Å². The molecule has 1 aliphatic carbocycles. The van der Waals surface area contributed by atoms with Gasteiger partial charge in [-0.3, -0.25) is 0 Å². The molecule has 1 aromatic rings. The molecule has 0 amide bonds. The molecule has 1 aliphatic heterocycles. The average molecular weight is 264 g/mol. The van der Waals surface area contributed by atoms with E-state index in [0.29, 0.717) is 12.0 Å². The molecule has 0 spiro atoms. The van der Waals surface area contributed by atoms with E-state index in [1.807, 2.05) is 17.8 Å². The molecular formula is C13H20N4S. The number of aromatic nitrogens is 2. The Morgan fingerprint density at radius 1 is 1.28 bits per heavy atom. The monoisotopic (exact) mass is 264 g/mol. The van der Waals surface area contributed by atoms with Crippen molar-refractivity contribution < 1.29 is 0 Å². The highest BCUT2D eigenvalue weighted by Crippen LogP contribution is 2.39. The number of hydrogen-bond acceptors (Lipinski definition) is 5. The third kappa shape index (κ3) is 2.88. The van der Waals surface area contributed by atoms with Crippen LogP contribution in [0.1, 0.15) is 37.9 Å². The fourth-order valence-corrected chi connectivity index (χ4v) is 3.35. The van der Waals surface area contributed by atoms with Gasteiger partial charge in [0.1, 0.15) is 17.5 Å². The van der Waals surface area contributed by atoms with Crippen molar-refractivity contribution in [2.75, 3.05) is 28.7 Å². The summed E-state index contributed by atoms with van der Waals surface area (Å²) in [5.74, 6) is 6.03. The molecule has 0 radical (unpaired) electrons. The third-order valence-electron chi connectivity index (χ3n) is 3.33. The van der Waals surface area contributed by atoms with Crippen LogP contribution in [0.15, 0.2) is 6.07 Å². The largest absolute Gasteiger partial charge is 0.370 e. The lowest BCUT2D eigenvalue weighted by Gasteiger charge is -2.14. The lowest BCUT2D eigenvalue weighted by atomic mass is 10.2. The van der Waals surface area contributed by atoms with Crippen LogP contribution >= 0.6 is 11.8 Å². The van der Waals surface area contributed by atoms with Crippen LogP contribution in [0, 0.1) is 0 Å². The highest BCUT2D eigenvalue weighted by molar-refractivity contribution is 7.99. The molecule has 1 saturated heterocycles. The first-order chi connectivity index (χ1) is 8.85. The van der Waals surface area contributed by atoms with Crippen LogP contribution in [-0.4, -0.2) is 34.1 Å². The van der Waals surface area contributed by atoms with Gasteiger partial charge in [-0.05, 0) is 31.9 Å². The Morgan fingerprint density at radius 2 is 2.11 bits per heavy atom. The van der Waals surface area contributed by atoms with Crippen molar-refractivity contribution in [3.05, 3.63) is 11.9 Å². The summed E-state index contributed by atoms with van der Waals surface area (Å²) >= 11 is 2.02. The predicted molar refractivity (Wildman–Crippen MR) is 77.5 cm³/mol. The molecule has 5 heteroatoms. The van der Waals surface area contributed by atoms with Crippen LogP contribution in [0.3, 0.4) is 0 Å². The molecule has 0 bridgehead atoms. The minimum Gasteiger partial charge on any atom is -0.370 e. The van der Waals surface area contributed by atoms with Gasteiger partial charge < -0.3 is 10.6 Å². The molecule has 3 rings (SSSR count). The smallest absolute Gasteiger partial charge is 0.136 e. The first kappa shape index (κ1) is 12.1. The summed E-state index contributed by atoms with van der Waals surface area (Å²) in [5, 5.41) is 6.85. The Balaban J connectivity index is 1.77. The zero-order valence-electron chi connectivity index (χ0n) is 10.8. The second-order valence-corrected chi connectivity index (χ2v) is 6.16. The Kier molecular flexibility index (Phi) is 3.59. The van der Waals surface area contributed by atoms with Crippen LogP contribution in [0.4, 0.5) is 11.6 Å². The first-order valence-electron chi connectivity index (χ1n) is 6.82. The zero-order valence-corrected chi connectivity index (χ0v) is 11.6. The molecule has 2 heterocycles. The Hall–Kier alpha value is -0.970. The van der Waals surface area contributed by atoms with E-state index in [2.05, 4.69) is 27.5 Å². The number of hydrogen-bond donors (Lipinski definition) is 2. The van der Waals surface area contributed by atoms with E-state index >= 15 is 0 Å². The van der Waals surface area contributed by atoms with Crippen LogP contribution in [0.5, 0.6) is 0 Å². The maximum atomic E-state index is 4.67. The highest BCUT2D eigenvalue weighted by atomic mass is 32.2. The third-order valence-corrected chi connectivity index (χ3v) is 4.49. The van der Waals surface area contributed by atoms with Crippen LogP contribution in [0.2, 0.25) is 0 Å². The Labute approximate surface area is 112 Å². The van der Waals surface area contributed by atoms with Gasteiger partial charge in [0.25, 0.3) is 0 Å². The van der Waals surface area contributed by atoms with Crippen LogP contribution < -0.4 is 10.6 Å². The number of anilines is 2. The normalized spacial score (nSPS) is 23.1. The summed E-state index contributed by atoms with van der Waals surface area (Å²) in [6, 6.07) is 2.62. The van der Waals surface area contributed by atoms with Gasteiger partial charge in [0.05, 0.1) is 0 Å². The Morgan fingerprint density at radius 3 is 2.78 bits per heavy atom. The van der Waals surface area contributed by atoms with Crippen molar-refractivity contribution in [3.63, 3.8) is 0 Å². The zero-order chi connectivity index (χ0) is 12.4. The van der Waals surface area contributed by atoms with Gasteiger partial charge in [-0.15, -0.1) is 0 Å². The van der Waals surface area contributed by atoms with Gasteiger partial charge >= 0.3 is 0 Å². The maximum Gasteiger partial charge on any atom is 0.136 e. The van der Waals surface area contributed by atoms with E-state index in [1.165, 1.54) is 30.8 Å². The summed E-state index contributed by atoms with van der Waals surface area (Å²) in [5.41, 5.74) is 0. The summed E-state index contributed by atoms with van der Waals surface area (Å²) in [7, 11) is 0. The molecule has 4 nitrogen and oxygen atoms in total. The molecule has 18 heavy (non-hydrogen) atoms. The molecule has 1 unspecified atom stereocenters. The van der Waals surface area contributed by atoms with Crippen molar-refractivity contribution in [2.45, 2.75) is 38.1 Å². The van der Waals surface area contributed by atoms with Crippen molar-refractivity contribution in [1.29, 1.82) is 0 Å². The highest BCUT2D eigenvalue weighted by Gasteiger charge is 2.27. The van der Waals surface area contributed by atoms with Gasteiger partial charge in [0, 0.05) is 30.3 Å². The molecular weight excluding hydrogens is 244 g/mol. The van der Waals surface area contributed by atoms with Gasteiger partial charge in [0.15, 0.2) is 0 Å². The van der Waals surface area contributed by atoms with Crippen LogP contribution in [0.25, 0.3) is 0 Å². The number of nitrogens with zero attached hydrogens (tertiary/aromatic N) is 2. The van der Waals surface area contributed by atoms with E-state index in [-0.39, 0.29) is 0 Å². The molecule has 2 N–H and O–H groups in total. The minimum absolute atomic E-state index is 0.575. The standard InChI is InChI=1S/C13H20N4S/c1-2-14-11-7-12(15-10-5-6-18-8-10)17-13(16-11)9-3-4-9/h7,9-10H,2-6,8H2,1H3,(H2,14,15,16,17). The van der Waals surface area contributed by atoms with Gasteiger partial charge in [-0.1, -0.05) is 0 Å². The number of rotatable bonds is 5. The number of nitrogens with one attached hydrogen (secondary N) is 2. The quantitative estimate of drug-likeness (QED) is 0.856. The minimum atomic E-state index is 0.575. The molecule has 1 saturated carbocycles. The molecule has 2 fully saturated rings. The van der Waals surface area contributed by atoms with Crippen molar-refractivity contribution >= 4 is 23.4 Å². The Bertz CT molecular complexity index is 413. The fraction of sp³-hybridized carbons (Fsp3) is 0.692. The lowest BCUT2D eigenvalue weighted by Crippen LogP contribution is -2.19. The summed E-state index contributed by atoms with van der Waals surface area (Å²) in [6.45, 7) is 3.00. The average Bonchev–Trinajstić information content (AvgIpc) is 3.09. The van der Waals surface area contributed by atoms with E-state index in [4.69, 9.17) is 0 Å². The van der Waals surface area contributed by atoms with Gasteiger partial charge in [-0.25, -0.2) is 9.97 Å². The maximum absolute atomic E-state index is 4.67. The van der Waals surface area contributed by atoms with Crippen LogP contribution in [-0.2, 0) is 0 Å². The second-order valence-electron chi connectivity index (χ2n) is 5.01. The van der Waals surface area contributed by atoms with E-state index < -0.39 is 0 Å². The lowest BCUT2D eigenvalue weighted by molar-refractivity contribution is 0.799. The molecule has 1 atom stereocenters. The van der Waals surface area contributed by atoms with Crippen molar-refractivity contribution in [2.24, 2.45) is 0 Å². The van der Waals surface area contributed by atoms with E-state index in [9.17, 15) is 0 Å². The summed E-state index contributed by atoms with van der Waals surface area (Å²) in [6.07, 6.45) is 3.73. The topological polar surface area (TPSA) is 49.8 Å². The second kappa shape index (κ2) is 5.34. The van der Waals surface area contributed by atoms with E-state index in [0.717, 1.165) is 24.0 Å². The molecule has 1 aromatic heterocycles. The summed E-state index contributed by atoms with van der Waals surface area (Å²) in [4.78, 5) is 9.26. The first-order valence-corrected chi connectivity index (χ1v) is 7.97. The predicted octanol–water partition coefficient (Wildman–Crippen LogP) is 2.70. The molecule has 0 aromatic carbocycles. The van der Waals surface area contributed by atoms with Gasteiger partial charge in [-0.2, -0.15) is 11.8 Å². The SMILES string of the molecule is CCNc1cc(NC2CCSC2)nc(C2CC2)n1. The molecule has 2 aliphatic rings. The molecule has 98 valence electrons. The summed E-state index contributed by atoms with van der Waals surface area (Å²) < 4.78 is 0. The van der Waals surface area contributed by atoms with E-state index in [1.54, 1.807) is 0 Å².